The summed E-state index contributed by atoms with van der Waals surface area (Å²) in [4.78, 5) is 20.8. The second kappa shape index (κ2) is 14.4. The first kappa shape index (κ1) is 17.8. The molecule has 0 aromatic carbocycles. The van der Waals surface area contributed by atoms with Crippen molar-refractivity contribution in [1.82, 2.24) is 0 Å². The van der Waals surface area contributed by atoms with Crippen molar-refractivity contribution < 1.29 is 19.1 Å². The molecule has 0 spiro atoms. The minimum Gasteiger partial charge on any atom is -0.463 e. The highest BCUT2D eigenvalue weighted by Gasteiger charge is 1.91. The standard InChI is InChI=1S/C7H12O2.C6H10O2/c1-3-5-7(8)9-6-4-2;1-3-5-6(7)8-4-2/h3,5H,4,6H2,1-2H3;3,5H,4H2,1-2H3/b;5-3+. The minimum absolute atomic E-state index is 0.251. The van der Waals surface area contributed by atoms with E-state index in [2.05, 4.69) is 4.74 Å². The molecule has 0 rings (SSSR count). The zero-order chi connectivity index (χ0) is 13.5. The second-order valence-electron chi connectivity index (χ2n) is 2.92. The molecule has 0 bridgehead atoms. The van der Waals surface area contributed by atoms with E-state index in [0.717, 1.165) is 6.42 Å². The zero-order valence-corrected chi connectivity index (χ0v) is 11.1. The van der Waals surface area contributed by atoms with Gasteiger partial charge in [-0.25, -0.2) is 9.59 Å². The maximum atomic E-state index is 10.5. The van der Waals surface area contributed by atoms with E-state index in [1.165, 1.54) is 12.2 Å². The Bertz CT molecular complexity index is 254. The fraction of sp³-hybridized carbons (Fsp3) is 0.538. The smallest absolute Gasteiger partial charge is 0.330 e. The maximum Gasteiger partial charge on any atom is 0.330 e. The van der Waals surface area contributed by atoms with Gasteiger partial charge in [0.2, 0.25) is 0 Å². The van der Waals surface area contributed by atoms with Gasteiger partial charge in [0.25, 0.3) is 0 Å². The van der Waals surface area contributed by atoms with Gasteiger partial charge in [-0.15, -0.1) is 0 Å². The molecule has 0 saturated heterocycles. The van der Waals surface area contributed by atoms with Crippen molar-refractivity contribution in [3.63, 3.8) is 0 Å². The van der Waals surface area contributed by atoms with E-state index in [-0.39, 0.29) is 11.9 Å². The average molecular weight is 242 g/mol. The lowest BCUT2D eigenvalue weighted by atomic mass is 10.5. The third kappa shape index (κ3) is 17.1. The molecule has 0 amide bonds. The first-order valence-electron chi connectivity index (χ1n) is 5.71. The lowest BCUT2D eigenvalue weighted by molar-refractivity contribution is -0.138. The van der Waals surface area contributed by atoms with Crippen LogP contribution in [0.2, 0.25) is 0 Å². The van der Waals surface area contributed by atoms with Crippen molar-refractivity contribution in [2.75, 3.05) is 13.2 Å². The van der Waals surface area contributed by atoms with E-state index in [0.29, 0.717) is 13.2 Å². The summed E-state index contributed by atoms with van der Waals surface area (Å²) in [7, 11) is 0. The summed E-state index contributed by atoms with van der Waals surface area (Å²) < 4.78 is 9.26. The van der Waals surface area contributed by atoms with Crippen LogP contribution >= 0.6 is 0 Å². The minimum atomic E-state index is -0.269. The monoisotopic (exact) mass is 242 g/mol. The van der Waals surface area contributed by atoms with Crippen molar-refractivity contribution in [1.29, 1.82) is 0 Å². The second-order valence-corrected chi connectivity index (χ2v) is 2.92. The fourth-order valence-electron chi connectivity index (χ4n) is 0.713. The Morgan fingerprint density at radius 2 is 1.41 bits per heavy atom. The summed E-state index contributed by atoms with van der Waals surface area (Å²) in [6.45, 7) is 8.26. The lowest BCUT2D eigenvalue weighted by Crippen LogP contribution is -2.00. The predicted octanol–water partition coefficient (Wildman–Crippen LogP) is 2.64. The molecule has 0 radical (unpaired) electrons. The quantitative estimate of drug-likeness (QED) is 0.549. The predicted molar refractivity (Wildman–Crippen MR) is 67.5 cm³/mol. The van der Waals surface area contributed by atoms with Gasteiger partial charge in [0.05, 0.1) is 13.2 Å². The molecule has 0 aliphatic carbocycles. The van der Waals surface area contributed by atoms with Gasteiger partial charge >= 0.3 is 11.9 Å². The summed E-state index contributed by atoms with van der Waals surface area (Å²) in [5.41, 5.74) is 0. The van der Waals surface area contributed by atoms with Gasteiger partial charge in [-0.3, -0.25) is 0 Å². The number of ether oxygens (including phenoxy) is 2. The summed E-state index contributed by atoms with van der Waals surface area (Å²) in [6.07, 6.45) is 7.00. The topological polar surface area (TPSA) is 52.6 Å². The van der Waals surface area contributed by atoms with Crippen LogP contribution in [-0.2, 0) is 19.1 Å². The Morgan fingerprint density at radius 1 is 0.941 bits per heavy atom. The molecule has 0 heterocycles. The SMILES string of the molecule is C/C=C/C(=O)OCC.CC=CC(=O)OCCC. The van der Waals surface area contributed by atoms with E-state index >= 15 is 0 Å². The number of hydrogen-bond donors (Lipinski definition) is 0. The van der Waals surface area contributed by atoms with Crippen LogP contribution in [0.15, 0.2) is 24.3 Å². The number of esters is 2. The van der Waals surface area contributed by atoms with E-state index < -0.39 is 0 Å². The van der Waals surface area contributed by atoms with Crippen molar-refractivity contribution >= 4 is 11.9 Å². The highest BCUT2D eigenvalue weighted by Crippen LogP contribution is 1.83. The number of carbonyl (C=O) groups is 2. The van der Waals surface area contributed by atoms with Crippen LogP contribution in [-0.4, -0.2) is 25.2 Å². The van der Waals surface area contributed by atoms with Crippen LogP contribution in [0, 0.1) is 0 Å². The van der Waals surface area contributed by atoms with E-state index in [4.69, 9.17) is 4.74 Å². The van der Waals surface area contributed by atoms with Crippen molar-refractivity contribution in [2.24, 2.45) is 0 Å². The third-order valence-corrected chi connectivity index (χ3v) is 1.34. The van der Waals surface area contributed by atoms with E-state index in [9.17, 15) is 9.59 Å². The first-order valence-corrected chi connectivity index (χ1v) is 5.71. The number of carbonyl (C=O) groups excluding carboxylic acids is 2. The molecule has 98 valence electrons. The van der Waals surface area contributed by atoms with Gasteiger partial charge in [0.1, 0.15) is 0 Å². The molecule has 0 atom stereocenters. The van der Waals surface area contributed by atoms with Gasteiger partial charge in [0.15, 0.2) is 0 Å². The van der Waals surface area contributed by atoms with E-state index in [1.807, 2.05) is 6.92 Å². The summed E-state index contributed by atoms with van der Waals surface area (Å²) >= 11 is 0. The molecule has 4 heteroatoms. The molecular weight excluding hydrogens is 220 g/mol. The summed E-state index contributed by atoms with van der Waals surface area (Å²) in [5.74, 6) is -0.519. The summed E-state index contributed by atoms with van der Waals surface area (Å²) in [6, 6.07) is 0. The highest BCUT2D eigenvalue weighted by molar-refractivity contribution is 5.82. The van der Waals surface area contributed by atoms with Gasteiger partial charge in [-0.05, 0) is 27.2 Å². The van der Waals surface area contributed by atoms with Crippen LogP contribution < -0.4 is 0 Å². The molecule has 17 heavy (non-hydrogen) atoms. The number of allylic oxidation sites excluding steroid dienone is 2. The van der Waals surface area contributed by atoms with Gasteiger partial charge in [0, 0.05) is 12.2 Å². The van der Waals surface area contributed by atoms with Gasteiger partial charge in [-0.1, -0.05) is 19.1 Å². The zero-order valence-electron chi connectivity index (χ0n) is 11.1. The average Bonchev–Trinajstić information content (AvgIpc) is 2.28. The molecule has 0 aromatic rings. The number of hydrogen-bond acceptors (Lipinski definition) is 4. The van der Waals surface area contributed by atoms with Gasteiger partial charge < -0.3 is 9.47 Å². The van der Waals surface area contributed by atoms with Gasteiger partial charge in [-0.2, -0.15) is 0 Å². The Morgan fingerprint density at radius 3 is 1.76 bits per heavy atom. The third-order valence-electron chi connectivity index (χ3n) is 1.34. The van der Waals surface area contributed by atoms with Crippen LogP contribution in [0.4, 0.5) is 0 Å². The molecule has 0 fully saturated rings. The Hall–Kier alpha value is -1.58. The van der Waals surface area contributed by atoms with Crippen molar-refractivity contribution in [3.8, 4) is 0 Å². The largest absolute Gasteiger partial charge is 0.463 e. The molecule has 4 nitrogen and oxygen atoms in total. The fourth-order valence-corrected chi connectivity index (χ4v) is 0.713. The lowest BCUT2D eigenvalue weighted by Gasteiger charge is -1.95. The van der Waals surface area contributed by atoms with Crippen LogP contribution in [0.3, 0.4) is 0 Å². The molecule has 0 aliphatic rings. The molecule has 0 saturated carbocycles. The molecule has 0 unspecified atom stereocenters. The molecule has 0 aliphatic heterocycles. The first-order chi connectivity index (χ1) is 8.12. The maximum absolute atomic E-state index is 10.5. The molecule has 0 aromatic heterocycles. The Balaban J connectivity index is 0. The van der Waals surface area contributed by atoms with E-state index in [1.54, 1.807) is 32.9 Å². The van der Waals surface area contributed by atoms with Crippen LogP contribution in [0.25, 0.3) is 0 Å². The molecular formula is C13H22O4. The van der Waals surface area contributed by atoms with Crippen LogP contribution in [0.5, 0.6) is 0 Å². The summed E-state index contributed by atoms with van der Waals surface area (Å²) in [5, 5.41) is 0. The number of rotatable bonds is 5. The van der Waals surface area contributed by atoms with Crippen LogP contribution in [0.1, 0.15) is 34.1 Å². The van der Waals surface area contributed by atoms with Crippen molar-refractivity contribution in [2.45, 2.75) is 34.1 Å². The highest BCUT2D eigenvalue weighted by atomic mass is 16.5. The normalized spacial score (nSPS) is 9.88. The van der Waals surface area contributed by atoms with Crippen molar-refractivity contribution in [3.05, 3.63) is 24.3 Å². The molecule has 0 N–H and O–H groups in total. The Labute approximate surface area is 103 Å². The Kier molecular flexibility index (Phi) is 15.1.